The highest BCUT2D eigenvalue weighted by Gasteiger charge is 2.28. The summed E-state index contributed by atoms with van der Waals surface area (Å²) in [5, 5.41) is 9.88. The van der Waals surface area contributed by atoms with E-state index in [4.69, 9.17) is 0 Å². The van der Waals surface area contributed by atoms with Gasteiger partial charge in [-0.1, -0.05) is 0 Å². The quantitative estimate of drug-likeness (QED) is 0.815. The van der Waals surface area contributed by atoms with Crippen molar-refractivity contribution in [2.24, 2.45) is 5.92 Å². The summed E-state index contributed by atoms with van der Waals surface area (Å²) in [6.07, 6.45) is 3.90. The van der Waals surface area contributed by atoms with Crippen LogP contribution in [0.3, 0.4) is 0 Å². The van der Waals surface area contributed by atoms with Crippen LogP contribution in [-0.4, -0.2) is 16.5 Å². The van der Waals surface area contributed by atoms with Gasteiger partial charge in [-0.25, -0.2) is 4.39 Å². The summed E-state index contributed by atoms with van der Waals surface area (Å²) < 4.78 is 13.9. The lowest BCUT2D eigenvalue weighted by molar-refractivity contribution is 0.0110. The molecule has 0 aromatic heterocycles. The van der Waals surface area contributed by atoms with Crippen LogP contribution in [0.15, 0.2) is 27.6 Å². The zero-order chi connectivity index (χ0) is 13.2. The van der Waals surface area contributed by atoms with Crippen LogP contribution >= 0.6 is 27.7 Å². The van der Waals surface area contributed by atoms with Crippen LogP contribution in [0.5, 0.6) is 0 Å². The highest BCUT2D eigenvalue weighted by Crippen LogP contribution is 2.35. The van der Waals surface area contributed by atoms with Crippen LogP contribution in [0, 0.1) is 11.7 Å². The van der Waals surface area contributed by atoms with E-state index >= 15 is 0 Å². The molecule has 0 aliphatic heterocycles. The van der Waals surface area contributed by atoms with E-state index in [1.165, 1.54) is 0 Å². The number of halogens is 2. The van der Waals surface area contributed by atoms with Crippen LogP contribution in [0.25, 0.3) is 0 Å². The van der Waals surface area contributed by atoms with Crippen molar-refractivity contribution in [3.63, 3.8) is 0 Å². The topological polar surface area (TPSA) is 20.2 Å². The molecule has 1 nitrogen and oxygen atoms in total. The second-order valence-electron chi connectivity index (χ2n) is 5.33. The molecule has 0 spiro atoms. The SMILES string of the molecule is CC1(O)CCC(CSc2ccc(Br)c(F)c2)CC1. The van der Waals surface area contributed by atoms with Gasteiger partial charge in [0.05, 0.1) is 10.1 Å². The monoisotopic (exact) mass is 332 g/mol. The predicted octanol–water partition coefficient (Wildman–Crippen LogP) is 4.62. The Hall–Kier alpha value is -0.0600. The van der Waals surface area contributed by atoms with E-state index in [2.05, 4.69) is 15.9 Å². The number of hydrogen-bond donors (Lipinski definition) is 1. The Morgan fingerprint density at radius 2 is 2.11 bits per heavy atom. The van der Waals surface area contributed by atoms with Crippen molar-refractivity contribution >= 4 is 27.7 Å². The number of benzene rings is 1. The molecule has 4 heteroatoms. The molecule has 0 bridgehead atoms. The van der Waals surface area contributed by atoms with Crippen molar-refractivity contribution in [1.29, 1.82) is 0 Å². The molecular formula is C14H18BrFOS. The van der Waals surface area contributed by atoms with Gasteiger partial charge in [-0.15, -0.1) is 11.8 Å². The molecular weight excluding hydrogens is 315 g/mol. The molecule has 0 heterocycles. The number of hydrogen-bond acceptors (Lipinski definition) is 2. The van der Waals surface area contributed by atoms with Crippen LogP contribution < -0.4 is 0 Å². The molecule has 1 saturated carbocycles. The Labute approximate surface area is 120 Å². The lowest BCUT2D eigenvalue weighted by Gasteiger charge is -2.32. The zero-order valence-corrected chi connectivity index (χ0v) is 12.9. The molecule has 0 saturated heterocycles. The molecule has 2 rings (SSSR count). The molecule has 0 amide bonds. The first-order chi connectivity index (χ1) is 8.46. The highest BCUT2D eigenvalue weighted by atomic mass is 79.9. The maximum atomic E-state index is 13.4. The van der Waals surface area contributed by atoms with E-state index in [1.807, 2.05) is 13.0 Å². The minimum atomic E-state index is -0.467. The standard InChI is InChI=1S/C14H18BrFOS/c1-14(17)6-4-10(5-7-14)9-18-11-2-3-12(15)13(16)8-11/h2-3,8,10,17H,4-7,9H2,1H3. The van der Waals surface area contributed by atoms with E-state index in [0.29, 0.717) is 10.4 Å². The van der Waals surface area contributed by atoms with Gasteiger partial charge in [0.1, 0.15) is 5.82 Å². The lowest BCUT2D eigenvalue weighted by atomic mass is 9.81. The van der Waals surface area contributed by atoms with Crippen molar-refractivity contribution < 1.29 is 9.50 Å². The first kappa shape index (κ1) is 14.4. The second kappa shape index (κ2) is 5.93. The molecule has 1 fully saturated rings. The third-order valence-electron chi connectivity index (χ3n) is 3.56. The summed E-state index contributed by atoms with van der Waals surface area (Å²) in [5.41, 5.74) is -0.467. The first-order valence-corrected chi connectivity index (χ1v) is 8.04. The molecule has 18 heavy (non-hydrogen) atoms. The Bertz CT molecular complexity index is 412. The average Bonchev–Trinajstić information content (AvgIpc) is 2.32. The summed E-state index contributed by atoms with van der Waals surface area (Å²) in [4.78, 5) is 0.980. The average molecular weight is 333 g/mol. The van der Waals surface area contributed by atoms with Gasteiger partial charge in [0.15, 0.2) is 0 Å². The van der Waals surface area contributed by atoms with Crippen molar-refractivity contribution in [1.82, 2.24) is 0 Å². The minimum Gasteiger partial charge on any atom is -0.390 e. The molecule has 100 valence electrons. The Balaban J connectivity index is 1.83. The number of thioether (sulfide) groups is 1. The van der Waals surface area contributed by atoms with Gasteiger partial charge in [0.25, 0.3) is 0 Å². The summed E-state index contributed by atoms with van der Waals surface area (Å²) in [6.45, 7) is 1.92. The van der Waals surface area contributed by atoms with E-state index in [1.54, 1.807) is 23.9 Å². The van der Waals surface area contributed by atoms with Crippen molar-refractivity contribution in [2.75, 3.05) is 5.75 Å². The minimum absolute atomic E-state index is 0.202. The van der Waals surface area contributed by atoms with Gasteiger partial charge >= 0.3 is 0 Å². The largest absolute Gasteiger partial charge is 0.390 e. The van der Waals surface area contributed by atoms with Crippen molar-refractivity contribution in [2.45, 2.75) is 43.1 Å². The van der Waals surface area contributed by atoms with E-state index in [0.717, 1.165) is 36.3 Å². The zero-order valence-electron chi connectivity index (χ0n) is 10.5. The summed E-state index contributed by atoms with van der Waals surface area (Å²) in [6, 6.07) is 5.27. The van der Waals surface area contributed by atoms with Crippen molar-refractivity contribution in [3.8, 4) is 0 Å². The van der Waals surface area contributed by atoms with Gasteiger partial charge in [0, 0.05) is 10.6 Å². The maximum absolute atomic E-state index is 13.4. The fourth-order valence-electron chi connectivity index (χ4n) is 2.25. The molecule has 0 unspecified atom stereocenters. The number of aliphatic hydroxyl groups is 1. The highest BCUT2D eigenvalue weighted by molar-refractivity contribution is 9.10. The lowest BCUT2D eigenvalue weighted by Crippen LogP contribution is -2.30. The first-order valence-electron chi connectivity index (χ1n) is 6.26. The van der Waals surface area contributed by atoms with Gasteiger partial charge in [0.2, 0.25) is 0 Å². The second-order valence-corrected chi connectivity index (χ2v) is 7.27. The van der Waals surface area contributed by atoms with E-state index in [-0.39, 0.29) is 5.82 Å². The molecule has 1 aliphatic carbocycles. The summed E-state index contributed by atoms with van der Waals surface area (Å²) in [7, 11) is 0. The van der Waals surface area contributed by atoms with Gasteiger partial charge in [-0.3, -0.25) is 0 Å². The smallest absolute Gasteiger partial charge is 0.138 e. The third kappa shape index (κ3) is 3.97. The molecule has 1 aliphatic rings. The van der Waals surface area contributed by atoms with Crippen LogP contribution in [0.2, 0.25) is 0 Å². The predicted molar refractivity (Wildman–Crippen MR) is 77.4 cm³/mol. The Kier molecular flexibility index (Phi) is 4.73. The van der Waals surface area contributed by atoms with E-state index in [9.17, 15) is 9.50 Å². The molecule has 1 N–H and O–H groups in total. The molecule has 0 atom stereocenters. The summed E-state index contributed by atoms with van der Waals surface area (Å²) in [5.74, 6) is 1.45. The summed E-state index contributed by atoms with van der Waals surface area (Å²) >= 11 is 4.86. The van der Waals surface area contributed by atoms with Crippen LogP contribution in [-0.2, 0) is 0 Å². The fourth-order valence-corrected chi connectivity index (χ4v) is 3.61. The third-order valence-corrected chi connectivity index (χ3v) is 5.43. The maximum Gasteiger partial charge on any atom is 0.138 e. The van der Waals surface area contributed by atoms with Crippen LogP contribution in [0.1, 0.15) is 32.6 Å². The van der Waals surface area contributed by atoms with Crippen LogP contribution in [0.4, 0.5) is 4.39 Å². The van der Waals surface area contributed by atoms with Gasteiger partial charge in [-0.05, 0) is 72.7 Å². The fraction of sp³-hybridized carbons (Fsp3) is 0.571. The Morgan fingerprint density at radius 3 is 2.72 bits per heavy atom. The van der Waals surface area contributed by atoms with Gasteiger partial charge in [-0.2, -0.15) is 0 Å². The van der Waals surface area contributed by atoms with Gasteiger partial charge < -0.3 is 5.11 Å². The van der Waals surface area contributed by atoms with Crippen molar-refractivity contribution in [3.05, 3.63) is 28.5 Å². The Morgan fingerprint density at radius 1 is 1.44 bits per heavy atom. The molecule has 0 radical (unpaired) electrons. The molecule has 1 aromatic carbocycles. The molecule has 1 aromatic rings. The number of rotatable bonds is 3. The normalized spacial score (nSPS) is 28.3. The van der Waals surface area contributed by atoms with E-state index < -0.39 is 5.60 Å².